The number of amides is 1. The zero-order valence-electron chi connectivity index (χ0n) is 14.0. The third-order valence-corrected chi connectivity index (χ3v) is 6.09. The van der Waals surface area contributed by atoms with Crippen molar-refractivity contribution in [3.63, 3.8) is 0 Å². The van der Waals surface area contributed by atoms with Crippen LogP contribution in [0.1, 0.15) is 35.4 Å². The van der Waals surface area contributed by atoms with Crippen molar-refractivity contribution in [2.75, 3.05) is 18.8 Å². The summed E-state index contributed by atoms with van der Waals surface area (Å²) >= 11 is 0. The van der Waals surface area contributed by atoms with Crippen molar-refractivity contribution >= 4 is 15.9 Å². The van der Waals surface area contributed by atoms with E-state index in [-0.39, 0.29) is 17.7 Å². The molecule has 0 saturated heterocycles. The lowest BCUT2D eigenvalue weighted by atomic mass is 10.1. The van der Waals surface area contributed by atoms with Crippen LogP contribution in [0, 0.1) is 0 Å². The highest BCUT2D eigenvalue weighted by Gasteiger charge is 2.31. The van der Waals surface area contributed by atoms with E-state index in [0.717, 1.165) is 5.69 Å². The van der Waals surface area contributed by atoms with Gasteiger partial charge in [0.15, 0.2) is 0 Å². The van der Waals surface area contributed by atoms with E-state index in [4.69, 9.17) is 0 Å². The van der Waals surface area contributed by atoms with Crippen molar-refractivity contribution in [3.8, 4) is 0 Å². The number of aromatic nitrogens is 3. The Balaban J connectivity index is 1.64. The van der Waals surface area contributed by atoms with Crippen molar-refractivity contribution in [2.24, 2.45) is 0 Å². The molecule has 0 fully saturated rings. The summed E-state index contributed by atoms with van der Waals surface area (Å²) in [5.41, 5.74) is 1.37. The summed E-state index contributed by atoms with van der Waals surface area (Å²) in [7, 11) is -3.26. The fourth-order valence-corrected chi connectivity index (χ4v) is 4.01. The second-order valence-corrected chi connectivity index (χ2v) is 8.16. The number of rotatable bonds is 6. The SMILES string of the molecule is CCS(=O)(=O)N1Cc2ccnn2[C@@H](CCNC(=O)c2cccnc2)C1. The molecule has 1 aliphatic rings. The van der Waals surface area contributed by atoms with Crippen LogP contribution in [0.25, 0.3) is 0 Å². The molecule has 134 valence electrons. The molecule has 0 spiro atoms. The predicted molar refractivity (Wildman–Crippen MR) is 92.3 cm³/mol. The molecule has 3 heterocycles. The lowest BCUT2D eigenvalue weighted by molar-refractivity contribution is 0.0949. The van der Waals surface area contributed by atoms with Crippen molar-refractivity contribution in [1.82, 2.24) is 24.4 Å². The molecular weight excluding hydrogens is 342 g/mol. The Kier molecular flexibility index (Phi) is 5.14. The highest BCUT2D eigenvalue weighted by atomic mass is 32.2. The first-order chi connectivity index (χ1) is 12.0. The summed E-state index contributed by atoms with van der Waals surface area (Å²) in [5.74, 6) is -0.117. The van der Waals surface area contributed by atoms with Crippen LogP contribution in [-0.4, -0.2) is 52.2 Å². The van der Waals surface area contributed by atoms with E-state index in [1.54, 1.807) is 31.5 Å². The van der Waals surface area contributed by atoms with Gasteiger partial charge in [-0.2, -0.15) is 9.40 Å². The molecular formula is C16H21N5O3S. The molecule has 8 nitrogen and oxygen atoms in total. The first-order valence-corrected chi connectivity index (χ1v) is 9.80. The zero-order valence-corrected chi connectivity index (χ0v) is 14.8. The second kappa shape index (κ2) is 7.32. The lowest BCUT2D eigenvalue weighted by Crippen LogP contribution is -2.42. The van der Waals surface area contributed by atoms with E-state index in [1.165, 1.54) is 10.5 Å². The summed E-state index contributed by atoms with van der Waals surface area (Å²) in [6.07, 6.45) is 5.40. The van der Waals surface area contributed by atoms with Gasteiger partial charge in [0.25, 0.3) is 5.91 Å². The average Bonchev–Trinajstić information content (AvgIpc) is 3.11. The fourth-order valence-electron chi connectivity index (χ4n) is 2.91. The predicted octanol–water partition coefficient (Wildman–Crippen LogP) is 0.805. The van der Waals surface area contributed by atoms with Crippen LogP contribution in [-0.2, 0) is 16.6 Å². The van der Waals surface area contributed by atoms with Crippen LogP contribution in [0.4, 0.5) is 0 Å². The van der Waals surface area contributed by atoms with E-state index < -0.39 is 10.0 Å². The van der Waals surface area contributed by atoms with E-state index in [1.807, 2.05) is 10.7 Å². The van der Waals surface area contributed by atoms with Gasteiger partial charge in [0.05, 0.1) is 29.6 Å². The minimum Gasteiger partial charge on any atom is -0.352 e. The molecule has 1 amide bonds. The number of pyridine rings is 1. The number of carbonyl (C=O) groups is 1. The fraction of sp³-hybridized carbons (Fsp3) is 0.438. The van der Waals surface area contributed by atoms with Crippen LogP contribution in [0.5, 0.6) is 0 Å². The van der Waals surface area contributed by atoms with Gasteiger partial charge in [0.2, 0.25) is 10.0 Å². The highest BCUT2D eigenvalue weighted by molar-refractivity contribution is 7.89. The van der Waals surface area contributed by atoms with Gasteiger partial charge < -0.3 is 5.32 Å². The van der Waals surface area contributed by atoms with E-state index in [9.17, 15) is 13.2 Å². The van der Waals surface area contributed by atoms with Gasteiger partial charge in [-0.3, -0.25) is 14.5 Å². The normalized spacial score (nSPS) is 17.9. The highest BCUT2D eigenvalue weighted by Crippen LogP contribution is 2.24. The Morgan fingerprint density at radius 2 is 2.20 bits per heavy atom. The smallest absolute Gasteiger partial charge is 0.252 e. The molecule has 0 saturated carbocycles. The molecule has 0 unspecified atom stereocenters. The number of hydrogen-bond donors (Lipinski definition) is 1. The van der Waals surface area contributed by atoms with Gasteiger partial charge in [-0.25, -0.2) is 8.42 Å². The molecule has 0 aromatic carbocycles. The maximum Gasteiger partial charge on any atom is 0.252 e. The third kappa shape index (κ3) is 3.88. The first-order valence-electron chi connectivity index (χ1n) is 8.19. The maximum absolute atomic E-state index is 12.2. The van der Waals surface area contributed by atoms with Crippen LogP contribution >= 0.6 is 0 Å². The van der Waals surface area contributed by atoms with Gasteiger partial charge in [-0.15, -0.1) is 0 Å². The Hall–Kier alpha value is -2.26. The zero-order chi connectivity index (χ0) is 17.9. The van der Waals surface area contributed by atoms with E-state index in [0.29, 0.717) is 31.6 Å². The number of hydrogen-bond acceptors (Lipinski definition) is 5. The summed E-state index contributed by atoms with van der Waals surface area (Å²) in [5, 5.41) is 7.16. The summed E-state index contributed by atoms with van der Waals surface area (Å²) in [4.78, 5) is 16.0. The number of carbonyl (C=O) groups excluding carboxylic acids is 1. The minimum absolute atomic E-state index is 0.0750. The van der Waals surface area contributed by atoms with Gasteiger partial charge in [0, 0.05) is 31.7 Å². The van der Waals surface area contributed by atoms with Gasteiger partial charge >= 0.3 is 0 Å². The summed E-state index contributed by atoms with van der Waals surface area (Å²) < 4.78 is 27.8. The molecule has 0 aliphatic carbocycles. The van der Waals surface area contributed by atoms with Gasteiger partial charge in [0.1, 0.15) is 0 Å². The molecule has 0 bridgehead atoms. The molecule has 1 atom stereocenters. The largest absolute Gasteiger partial charge is 0.352 e. The Morgan fingerprint density at radius 3 is 2.92 bits per heavy atom. The Labute approximate surface area is 146 Å². The van der Waals surface area contributed by atoms with E-state index >= 15 is 0 Å². The molecule has 2 aromatic heterocycles. The number of nitrogens with zero attached hydrogens (tertiary/aromatic N) is 4. The van der Waals surface area contributed by atoms with Crippen molar-refractivity contribution < 1.29 is 13.2 Å². The molecule has 1 aliphatic heterocycles. The molecule has 9 heteroatoms. The average molecular weight is 363 g/mol. The maximum atomic E-state index is 12.2. The van der Waals surface area contributed by atoms with Crippen molar-refractivity contribution in [3.05, 3.63) is 48.0 Å². The molecule has 2 aromatic rings. The summed E-state index contributed by atoms with van der Waals surface area (Å²) in [6, 6.07) is 5.14. The first kappa shape index (κ1) is 17.6. The quantitative estimate of drug-likeness (QED) is 0.819. The van der Waals surface area contributed by atoms with E-state index in [2.05, 4.69) is 15.4 Å². The lowest BCUT2D eigenvalue weighted by Gasteiger charge is -2.33. The molecule has 25 heavy (non-hydrogen) atoms. The number of nitrogens with one attached hydrogen (secondary N) is 1. The van der Waals surface area contributed by atoms with Gasteiger partial charge in [-0.05, 0) is 31.5 Å². The van der Waals surface area contributed by atoms with Crippen LogP contribution in [0.3, 0.4) is 0 Å². The minimum atomic E-state index is -3.26. The topological polar surface area (TPSA) is 97.2 Å². The monoisotopic (exact) mass is 363 g/mol. The molecule has 3 rings (SSSR count). The second-order valence-electron chi connectivity index (χ2n) is 5.90. The molecule has 1 N–H and O–H groups in total. The molecule has 0 radical (unpaired) electrons. The van der Waals surface area contributed by atoms with Crippen LogP contribution in [0.2, 0.25) is 0 Å². The van der Waals surface area contributed by atoms with Gasteiger partial charge in [-0.1, -0.05) is 0 Å². The summed E-state index contributed by atoms with van der Waals surface area (Å²) in [6.45, 7) is 2.78. The number of fused-ring (bicyclic) bond motifs is 1. The van der Waals surface area contributed by atoms with Crippen LogP contribution in [0.15, 0.2) is 36.8 Å². The standard InChI is InChI=1S/C16H21N5O3S/c1-2-25(23,24)20-11-14(21-15(12-20)6-9-19-21)5-8-18-16(22)13-4-3-7-17-10-13/h3-4,6-7,9-10,14H,2,5,8,11-12H2,1H3,(H,18,22)/t14-/m0/s1. The number of sulfonamides is 1. The Bertz CT molecular complexity index is 834. The van der Waals surface area contributed by atoms with Crippen LogP contribution < -0.4 is 5.32 Å². The van der Waals surface area contributed by atoms with Crippen molar-refractivity contribution in [1.29, 1.82) is 0 Å². The van der Waals surface area contributed by atoms with Crippen molar-refractivity contribution in [2.45, 2.75) is 25.9 Å². The Morgan fingerprint density at radius 1 is 1.36 bits per heavy atom. The third-order valence-electron chi connectivity index (χ3n) is 4.30.